The Labute approximate surface area is 171 Å². The summed E-state index contributed by atoms with van der Waals surface area (Å²) in [6.45, 7) is 6.15. The van der Waals surface area contributed by atoms with E-state index in [9.17, 15) is 4.39 Å². The van der Waals surface area contributed by atoms with Crippen LogP contribution in [0, 0.1) is 0 Å². The van der Waals surface area contributed by atoms with Gasteiger partial charge in [-0.1, -0.05) is 24.3 Å². The zero-order valence-corrected chi connectivity index (χ0v) is 17.4. The average molecular weight is 400 g/mol. The van der Waals surface area contributed by atoms with Crippen LogP contribution in [0.1, 0.15) is 30.7 Å². The molecule has 156 valence electrons. The number of hydrogen-bond donors (Lipinski definition) is 0. The molecule has 1 aromatic heterocycles. The first-order valence-corrected chi connectivity index (χ1v) is 10.6. The molecule has 0 N–H and O–H groups in total. The first kappa shape index (κ1) is 19.2. The molecular weight excluding hydrogens is 369 g/mol. The largest absolute Gasteiger partial charge is 0.379 e. The third-order valence-electron chi connectivity index (χ3n) is 6.55. The van der Waals surface area contributed by atoms with Crippen molar-refractivity contribution in [2.45, 2.75) is 43.4 Å². The predicted molar refractivity (Wildman–Crippen MR) is 109 cm³/mol. The van der Waals surface area contributed by atoms with E-state index in [4.69, 9.17) is 14.8 Å². The monoisotopic (exact) mass is 399 g/mol. The standard InChI is InChI=1S/C22H30FN5O/c1-26(2)13-17-3-5-18(6-4-17)19-24-20(21-14-22(23,15-21)16-21)28(25-19)8-7-27-9-11-29-12-10-27/h3-6H,7-16H2,1-2H3. The maximum absolute atomic E-state index is 14.2. The molecule has 3 saturated carbocycles. The lowest BCUT2D eigenvalue weighted by Gasteiger charge is -2.64. The first-order chi connectivity index (χ1) is 13.9. The lowest BCUT2D eigenvalue weighted by atomic mass is 9.42. The second kappa shape index (κ2) is 7.15. The van der Waals surface area contributed by atoms with Crippen LogP contribution in [0.15, 0.2) is 24.3 Å². The van der Waals surface area contributed by atoms with Gasteiger partial charge in [0, 0.05) is 37.2 Å². The summed E-state index contributed by atoms with van der Waals surface area (Å²) < 4.78 is 21.7. The summed E-state index contributed by atoms with van der Waals surface area (Å²) in [5.41, 5.74) is 1.27. The van der Waals surface area contributed by atoms with Crippen LogP contribution in [0.2, 0.25) is 0 Å². The van der Waals surface area contributed by atoms with Gasteiger partial charge in [0.1, 0.15) is 11.5 Å². The quantitative estimate of drug-likeness (QED) is 0.716. The summed E-state index contributed by atoms with van der Waals surface area (Å²) >= 11 is 0. The highest BCUT2D eigenvalue weighted by atomic mass is 19.1. The molecule has 0 radical (unpaired) electrons. The maximum Gasteiger partial charge on any atom is 0.181 e. The van der Waals surface area contributed by atoms with E-state index in [0.29, 0.717) is 19.3 Å². The van der Waals surface area contributed by atoms with Crippen molar-refractivity contribution in [1.29, 1.82) is 0 Å². The molecule has 4 aliphatic rings. The lowest BCUT2D eigenvalue weighted by molar-refractivity contribution is -0.163. The molecule has 0 spiro atoms. The van der Waals surface area contributed by atoms with Crippen molar-refractivity contribution in [2.75, 3.05) is 46.9 Å². The Morgan fingerprint density at radius 2 is 1.76 bits per heavy atom. The van der Waals surface area contributed by atoms with Gasteiger partial charge in [-0.2, -0.15) is 5.10 Å². The second-order valence-electron chi connectivity index (χ2n) is 9.33. The van der Waals surface area contributed by atoms with Gasteiger partial charge in [0.25, 0.3) is 0 Å². The van der Waals surface area contributed by atoms with Crippen molar-refractivity contribution in [3.8, 4) is 11.4 Å². The van der Waals surface area contributed by atoms with Gasteiger partial charge in [0.2, 0.25) is 0 Å². The van der Waals surface area contributed by atoms with Crippen molar-refractivity contribution < 1.29 is 9.13 Å². The normalized spacial score (nSPS) is 29.0. The summed E-state index contributed by atoms with van der Waals surface area (Å²) in [6.07, 6.45) is 1.83. The van der Waals surface area contributed by atoms with Gasteiger partial charge in [0.15, 0.2) is 5.82 Å². The number of rotatable bonds is 7. The van der Waals surface area contributed by atoms with Crippen molar-refractivity contribution in [1.82, 2.24) is 24.6 Å². The Morgan fingerprint density at radius 1 is 1.07 bits per heavy atom. The van der Waals surface area contributed by atoms with E-state index < -0.39 is 5.67 Å². The first-order valence-electron chi connectivity index (χ1n) is 10.6. The lowest BCUT2D eigenvalue weighted by Crippen LogP contribution is -2.68. The molecule has 7 heteroatoms. The highest BCUT2D eigenvalue weighted by molar-refractivity contribution is 5.55. The molecule has 2 bridgehead atoms. The molecule has 1 aliphatic heterocycles. The molecule has 6 nitrogen and oxygen atoms in total. The number of halogens is 1. The molecule has 2 heterocycles. The number of morpholine rings is 1. The van der Waals surface area contributed by atoms with E-state index in [1.807, 2.05) is 0 Å². The minimum atomic E-state index is -0.936. The fraction of sp³-hybridized carbons (Fsp3) is 0.636. The van der Waals surface area contributed by atoms with Crippen molar-refractivity contribution >= 4 is 0 Å². The zero-order valence-electron chi connectivity index (χ0n) is 17.4. The van der Waals surface area contributed by atoms with Gasteiger partial charge in [0.05, 0.1) is 19.8 Å². The topological polar surface area (TPSA) is 46.4 Å². The van der Waals surface area contributed by atoms with Crippen molar-refractivity contribution in [3.63, 3.8) is 0 Å². The smallest absolute Gasteiger partial charge is 0.181 e. The van der Waals surface area contributed by atoms with Crippen molar-refractivity contribution in [2.24, 2.45) is 0 Å². The van der Waals surface area contributed by atoms with E-state index in [0.717, 1.165) is 63.1 Å². The summed E-state index contributed by atoms with van der Waals surface area (Å²) in [6, 6.07) is 8.48. The summed E-state index contributed by atoms with van der Waals surface area (Å²) in [5.74, 6) is 1.74. The number of benzene rings is 1. The van der Waals surface area contributed by atoms with E-state index in [1.165, 1.54) is 5.56 Å². The summed E-state index contributed by atoms with van der Waals surface area (Å²) in [5, 5.41) is 4.87. The Morgan fingerprint density at radius 3 is 2.38 bits per heavy atom. The summed E-state index contributed by atoms with van der Waals surface area (Å²) in [7, 11) is 4.14. The van der Waals surface area contributed by atoms with Crippen LogP contribution in [0.25, 0.3) is 11.4 Å². The SMILES string of the molecule is CN(C)Cc1ccc(-c2nc(C34CC(F)(C3)C4)n(CCN3CCOCC3)n2)cc1. The molecule has 0 atom stereocenters. The summed E-state index contributed by atoms with van der Waals surface area (Å²) in [4.78, 5) is 9.49. The molecule has 4 fully saturated rings. The van der Waals surface area contributed by atoms with Gasteiger partial charge in [-0.05, 0) is 38.9 Å². The number of alkyl halides is 1. The predicted octanol–water partition coefficient (Wildman–Crippen LogP) is 2.48. The Kier molecular flexibility index (Phi) is 4.72. The van der Waals surface area contributed by atoms with E-state index >= 15 is 0 Å². The van der Waals surface area contributed by atoms with Crippen molar-refractivity contribution in [3.05, 3.63) is 35.7 Å². The van der Waals surface area contributed by atoms with Crippen LogP contribution in [-0.4, -0.2) is 77.2 Å². The molecule has 0 unspecified atom stereocenters. The third-order valence-corrected chi connectivity index (χ3v) is 6.55. The maximum atomic E-state index is 14.2. The molecule has 3 aliphatic carbocycles. The third kappa shape index (κ3) is 3.60. The Balaban J connectivity index is 1.37. The number of nitrogens with zero attached hydrogens (tertiary/aromatic N) is 5. The fourth-order valence-electron chi connectivity index (χ4n) is 5.10. The second-order valence-corrected chi connectivity index (χ2v) is 9.33. The van der Waals surface area contributed by atoms with Gasteiger partial charge in [-0.3, -0.25) is 4.90 Å². The van der Waals surface area contributed by atoms with Crippen LogP contribution in [-0.2, 0) is 23.2 Å². The highest BCUT2D eigenvalue weighted by Gasteiger charge is 2.71. The van der Waals surface area contributed by atoms with Crippen LogP contribution >= 0.6 is 0 Å². The minimum absolute atomic E-state index is 0.0874. The van der Waals surface area contributed by atoms with Gasteiger partial charge in [-0.15, -0.1) is 0 Å². The van der Waals surface area contributed by atoms with Crippen LogP contribution < -0.4 is 0 Å². The Hall–Kier alpha value is -1.83. The Bertz CT molecular complexity index is 852. The van der Waals surface area contributed by atoms with E-state index in [2.05, 4.69) is 52.8 Å². The fourth-order valence-corrected chi connectivity index (χ4v) is 5.10. The van der Waals surface area contributed by atoms with Crippen LogP contribution in [0.5, 0.6) is 0 Å². The van der Waals surface area contributed by atoms with Gasteiger partial charge >= 0.3 is 0 Å². The van der Waals surface area contributed by atoms with E-state index in [-0.39, 0.29) is 5.41 Å². The molecule has 1 aromatic carbocycles. The number of ether oxygens (including phenoxy) is 1. The number of hydrogen-bond acceptors (Lipinski definition) is 5. The number of aromatic nitrogens is 3. The highest BCUT2D eigenvalue weighted by Crippen LogP contribution is 2.69. The molecule has 0 amide bonds. The molecule has 2 aromatic rings. The van der Waals surface area contributed by atoms with Crippen LogP contribution in [0.4, 0.5) is 4.39 Å². The average Bonchev–Trinajstić information content (AvgIpc) is 3.08. The van der Waals surface area contributed by atoms with Gasteiger partial charge < -0.3 is 9.64 Å². The molecule has 1 saturated heterocycles. The molecular formula is C22H30FN5O. The molecule has 6 rings (SSSR count). The zero-order chi connectivity index (χ0) is 20.1. The molecule has 29 heavy (non-hydrogen) atoms. The minimum Gasteiger partial charge on any atom is -0.379 e. The van der Waals surface area contributed by atoms with Crippen LogP contribution in [0.3, 0.4) is 0 Å². The van der Waals surface area contributed by atoms with E-state index in [1.54, 1.807) is 0 Å². The van der Waals surface area contributed by atoms with Gasteiger partial charge in [-0.25, -0.2) is 14.1 Å².